The number of hydrogen-bond acceptors (Lipinski definition) is 13. The number of halogens is 1. The van der Waals surface area contributed by atoms with E-state index in [-0.39, 0.29) is 23.7 Å². The van der Waals surface area contributed by atoms with Gasteiger partial charge in [0.05, 0.1) is 31.3 Å². The third kappa shape index (κ3) is 15.3. The van der Waals surface area contributed by atoms with E-state index < -0.39 is 0 Å². The largest absolute Gasteiger partial charge is 0.497 e. The zero-order chi connectivity index (χ0) is 58.5. The molecule has 2 aliphatic heterocycles. The lowest BCUT2D eigenvalue weighted by atomic mass is 9.78. The average Bonchev–Trinajstić information content (AvgIpc) is 2.03. The molecule has 15 nitrogen and oxygen atoms in total. The topological polar surface area (TPSA) is 156 Å². The third-order valence-corrected chi connectivity index (χ3v) is 17.6. The summed E-state index contributed by atoms with van der Waals surface area (Å²) < 4.78 is 6.22. The number of carbonyl (C=O) groups is 2. The Morgan fingerprint density at radius 2 is 1.02 bits per heavy atom. The lowest BCUT2D eigenvalue weighted by Gasteiger charge is -2.32. The molecule has 438 valence electrons. The fourth-order valence-corrected chi connectivity index (χ4v) is 12.4. The van der Waals surface area contributed by atoms with Crippen molar-refractivity contribution in [3.63, 3.8) is 0 Å². The number of aromatic nitrogens is 4. The van der Waals surface area contributed by atoms with Crippen molar-refractivity contribution in [2.75, 3.05) is 121 Å². The van der Waals surface area contributed by atoms with Crippen molar-refractivity contribution in [1.29, 1.82) is 0 Å². The Bertz CT molecular complexity index is 3550. The van der Waals surface area contributed by atoms with Crippen molar-refractivity contribution >= 4 is 51.0 Å². The van der Waals surface area contributed by atoms with E-state index in [9.17, 15) is 9.59 Å². The molecule has 0 bridgehead atoms. The summed E-state index contributed by atoms with van der Waals surface area (Å²) in [4.78, 5) is 54.5. The van der Waals surface area contributed by atoms with E-state index in [1.54, 1.807) is 7.11 Å². The molecule has 12 rings (SSSR count). The van der Waals surface area contributed by atoms with Crippen LogP contribution in [-0.4, -0.2) is 151 Å². The fourth-order valence-electron chi connectivity index (χ4n) is 12.0. The molecule has 85 heavy (non-hydrogen) atoms. The van der Waals surface area contributed by atoms with Crippen LogP contribution in [-0.2, 0) is 35.3 Å². The van der Waals surface area contributed by atoms with E-state index in [1.165, 1.54) is 22.3 Å². The number of anilines is 4. The van der Waals surface area contributed by atoms with Crippen molar-refractivity contribution in [1.82, 2.24) is 39.5 Å². The number of benzene rings is 6. The zero-order valence-electron chi connectivity index (χ0n) is 49.1. The van der Waals surface area contributed by atoms with Crippen LogP contribution in [0, 0.1) is 0 Å². The third-order valence-electron chi connectivity index (χ3n) is 16.8. The Labute approximate surface area is 508 Å². The molecule has 2 fully saturated rings. The molecule has 2 aromatic heterocycles. The Kier molecular flexibility index (Phi) is 19.6. The number of methoxy groups -OCH3 is 1. The van der Waals surface area contributed by atoms with Crippen molar-refractivity contribution in [3.8, 4) is 28.3 Å². The van der Waals surface area contributed by atoms with Crippen LogP contribution < -0.4 is 26.0 Å². The predicted molar refractivity (Wildman–Crippen MR) is 345 cm³/mol. The number of rotatable bonds is 19. The van der Waals surface area contributed by atoms with Gasteiger partial charge < -0.3 is 45.6 Å². The van der Waals surface area contributed by atoms with Gasteiger partial charge in [-0.05, 0) is 140 Å². The van der Waals surface area contributed by atoms with Gasteiger partial charge in [0, 0.05) is 117 Å². The molecule has 2 atom stereocenters. The molecular formula is C69H77BrN12O3. The second-order valence-corrected chi connectivity index (χ2v) is 23.7. The number of likely N-dealkylation sites (N-methyl/N-ethyl adjacent to an activating group) is 2. The molecular weight excluding hydrogens is 1120 g/mol. The van der Waals surface area contributed by atoms with Crippen molar-refractivity contribution < 1.29 is 14.3 Å². The molecule has 0 spiro atoms. The minimum atomic E-state index is -0.0566. The maximum atomic E-state index is 12.7. The average molecular weight is 1200 g/mol. The van der Waals surface area contributed by atoms with Crippen molar-refractivity contribution in [2.24, 2.45) is 0 Å². The number of ether oxygens (including phenoxy) is 1. The molecule has 16 heteroatoms. The van der Waals surface area contributed by atoms with E-state index in [0.29, 0.717) is 24.7 Å². The quantitative estimate of drug-likeness (QED) is 0.0568. The molecule has 6 aromatic carbocycles. The minimum absolute atomic E-state index is 0.0347. The molecule has 0 saturated carbocycles. The number of nitrogens with zero attached hydrogens (tertiary/aromatic N) is 8. The highest BCUT2D eigenvalue weighted by Gasteiger charge is 2.29. The summed E-state index contributed by atoms with van der Waals surface area (Å²) in [6, 6.07) is 49.0. The van der Waals surface area contributed by atoms with Gasteiger partial charge in [-0.25, -0.2) is 19.9 Å². The minimum Gasteiger partial charge on any atom is -0.497 e. The van der Waals surface area contributed by atoms with E-state index >= 15 is 0 Å². The Morgan fingerprint density at radius 1 is 0.553 bits per heavy atom. The van der Waals surface area contributed by atoms with Crippen LogP contribution in [0.2, 0.25) is 0 Å². The first kappa shape index (κ1) is 58.9. The van der Waals surface area contributed by atoms with Gasteiger partial charge in [-0.2, -0.15) is 0 Å². The van der Waals surface area contributed by atoms with Gasteiger partial charge in [-0.15, -0.1) is 0 Å². The van der Waals surface area contributed by atoms with Crippen LogP contribution in [0.25, 0.3) is 22.5 Å². The van der Waals surface area contributed by atoms with Crippen LogP contribution in [0.4, 0.5) is 23.3 Å². The number of nitrogens with one attached hydrogen (secondary N) is 4. The second kappa shape index (κ2) is 28.4. The zero-order valence-corrected chi connectivity index (χ0v) is 50.7. The number of amides is 2. The first-order valence-corrected chi connectivity index (χ1v) is 30.7. The monoisotopic (exact) mass is 1200 g/mol. The number of fused-ring (bicyclic) bond motifs is 6. The first-order valence-electron chi connectivity index (χ1n) is 29.9. The Hall–Kier alpha value is -7.86. The first-order chi connectivity index (χ1) is 41.6. The molecule has 2 aliphatic carbocycles. The predicted octanol–water partition coefficient (Wildman–Crippen LogP) is 10.9. The molecule has 2 amide bonds. The Morgan fingerprint density at radius 3 is 1.52 bits per heavy atom. The maximum absolute atomic E-state index is 12.7. The van der Waals surface area contributed by atoms with Crippen molar-refractivity contribution in [3.05, 3.63) is 207 Å². The van der Waals surface area contributed by atoms with Crippen molar-refractivity contribution in [2.45, 2.75) is 50.4 Å². The SMILES string of the molecule is CN1CCN(CCCNc2ncc3c(n2)-c2ccccc2C(c2ccc(NC(=O)Cc4ccccc4Br)cc2)C3)CC1.COc1cccc(CC(=O)Nc2ccc(C3Cc4cnc(NCCCN5CCN(C)CC5)nc4-c4ccccc43)cc2)c1. The second-order valence-electron chi connectivity index (χ2n) is 22.8. The summed E-state index contributed by atoms with van der Waals surface area (Å²) >= 11 is 3.53. The van der Waals surface area contributed by atoms with Crippen LogP contribution in [0.1, 0.15) is 69.2 Å². The molecule has 2 unspecified atom stereocenters. The molecule has 8 aromatic rings. The van der Waals surface area contributed by atoms with Gasteiger partial charge in [-0.1, -0.05) is 119 Å². The number of carbonyl (C=O) groups excluding carboxylic acids is 2. The lowest BCUT2D eigenvalue weighted by molar-refractivity contribution is -0.116. The standard InChI is InChI=1S/C35H40N6O2.C34H37BrN6O/c1-40-17-19-41(20-18-40)16-6-15-36-35-37-24-27-23-32(30-9-3-4-10-31(30)34(27)39-35)26-11-13-28(14-12-26)38-33(42)22-25-7-5-8-29(21-25)43-2;1-40-17-19-41(20-18-40)16-6-15-36-34-37-23-26-21-30(28-8-3-4-9-29(28)33(26)39-34)24-11-13-27(14-12-24)38-32(42)22-25-7-2-5-10-31(25)35/h3-5,7-14,21,24,32H,6,15-20,22-23H2,1-2H3,(H,38,42)(H,36,37,39);2-5,7-14,23,30H,6,15-22H2,1H3,(H,38,42)(H,36,37,39). The van der Waals surface area contributed by atoms with E-state index in [1.807, 2.05) is 85.2 Å². The summed E-state index contributed by atoms with van der Waals surface area (Å²) in [6.07, 6.45) is 8.40. The molecule has 4 aliphatic rings. The van der Waals surface area contributed by atoms with Crippen LogP contribution in [0.5, 0.6) is 5.75 Å². The summed E-state index contributed by atoms with van der Waals surface area (Å²) in [6.45, 7) is 13.1. The fraction of sp³-hybridized carbons (Fsp3) is 0.333. The summed E-state index contributed by atoms with van der Waals surface area (Å²) in [7, 11) is 6.01. The molecule has 4 heterocycles. The van der Waals surface area contributed by atoms with Crippen LogP contribution in [0.15, 0.2) is 162 Å². The molecule has 4 N–H and O–H groups in total. The summed E-state index contributed by atoms with van der Waals surface area (Å²) in [5, 5.41) is 13.0. The van der Waals surface area contributed by atoms with Crippen LogP contribution in [0.3, 0.4) is 0 Å². The molecule has 0 radical (unpaired) electrons. The highest BCUT2D eigenvalue weighted by atomic mass is 79.9. The summed E-state index contributed by atoms with van der Waals surface area (Å²) in [5.41, 5.74) is 15.1. The van der Waals surface area contributed by atoms with Gasteiger partial charge in [0.15, 0.2) is 0 Å². The van der Waals surface area contributed by atoms with Gasteiger partial charge in [0.2, 0.25) is 23.7 Å². The Balaban J connectivity index is 0.000000177. The van der Waals surface area contributed by atoms with E-state index in [2.05, 4.69) is 154 Å². The lowest BCUT2D eigenvalue weighted by Crippen LogP contribution is -2.44. The van der Waals surface area contributed by atoms with Gasteiger partial charge in [0.1, 0.15) is 5.75 Å². The van der Waals surface area contributed by atoms with Gasteiger partial charge in [0.25, 0.3) is 0 Å². The number of piperazine rings is 2. The maximum Gasteiger partial charge on any atom is 0.228 e. The van der Waals surface area contributed by atoms with Gasteiger partial charge >= 0.3 is 0 Å². The smallest absolute Gasteiger partial charge is 0.228 e. The normalized spacial score (nSPS) is 16.8. The van der Waals surface area contributed by atoms with Gasteiger partial charge in [-0.3, -0.25) is 9.59 Å². The highest BCUT2D eigenvalue weighted by molar-refractivity contribution is 9.10. The van der Waals surface area contributed by atoms with E-state index in [4.69, 9.17) is 14.7 Å². The van der Waals surface area contributed by atoms with Crippen LogP contribution >= 0.6 is 15.9 Å². The number of hydrogen-bond donors (Lipinski definition) is 4. The molecule has 2 saturated heterocycles. The highest BCUT2D eigenvalue weighted by Crippen LogP contribution is 2.44. The summed E-state index contributed by atoms with van der Waals surface area (Å²) in [5.74, 6) is 2.44. The van der Waals surface area contributed by atoms with E-state index in [0.717, 1.165) is 171 Å².